The number of carboxylic acids is 1. The number of carboxylic acid groups (broad SMARTS) is 1. The van der Waals surface area contributed by atoms with Gasteiger partial charge < -0.3 is 24.4 Å². The SMILES string of the molecule is O=C(O)COc1cccc2c1OC1CC(O)C(NS(=O)(=O)c3ccc(Oc4ccccc4)c(Cl)c3)C21. The molecule has 5 rings (SSSR count). The van der Waals surface area contributed by atoms with Crippen LogP contribution in [0.15, 0.2) is 71.6 Å². The Morgan fingerprint density at radius 1 is 1.08 bits per heavy atom. The van der Waals surface area contributed by atoms with Crippen molar-refractivity contribution in [2.24, 2.45) is 0 Å². The Hall–Kier alpha value is -3.31. The second-order valence-electron chi connectivity index (χ2n) is 8.50. The molecule has 36 heavy (non-hydrogen) atoms. The van der Waals surface area contributed by atoms with E-state index in [9.17, 15) is 18.3 Å². The first-order valence-corrected chi connectivity index (χ1v) is 13.0. The van der Waals surface area contributed by atoms with Crippen molar-refractivity contribution in [1.82, 2.24) is 4.72 Å². The van der Waals surface area contributed by atoms with Crippen LogP contribution in [0.4, 0.5) is 0 Å². The van der Waals surface area contributed by atoms with Gasteiger partial charge in [0.2, 0.25) is 10.0 Å². The number of aliphatic hydroxyl groups is 1. The molecule has 4 unspecified atom stereocenters. The third-order valence-corrected chi connectivity index (χ3v) is 7.89. The number of hydrogen-bond acceptors (Lipinski definition) is 7. The Bertz CT molecular complexity index is 1400. The van der Waals surface area contributed by atoms with Crippen molar-refractivity contribution < 1.29 is 37.6 Å². The van der Waals surface area contributed by atoms with Crippen LogP contribution < -0.4 is 18.9 Å². The van der Waals surface area contributed by atoms with E-state index in [4.69, 9.17) is 30.9 Å². The fraction of sp³-hybridized carbons (Fsp3) is 0.240. The molecule has 188 valence electrons. The normalized spacial score (nSPS) is 22.4. The van der Waals surface area contributed by atoms with Gasteiger partial charge >= 0.3 is 5.97 Å². The van der Waals surface area contributed by atoms with E-state index in [1.807, 2.05) is 6.07 Å². The summed E-state index contributed by atoms with van der Waals surface area (Å²) in [5, 5.41) is 19.7. The Morgan fingerprint density at radius 3 is 2.58 bits per heavy atom. The van der Waals surface area contributed by atoms with E-state index >= 15 is 0 Å². The smallest absolute Gasteiger partial charge is 0.341 e. The lowest BCUT2D eigenvalue weighted by Crippen LogP contribution is -2.43. The maximum atomic E-state index is 13.2. The van der Waals surface area contributed by atoms with Gasteiger partial charge in [-0.25, -0.2) is 17.9 Å². The highest BCUT2D eigenvalue weighted by molar-refractivity contribution is 7.89. The summed E-state index contributed by atoms with van der Waals surface area (Å²) in [7, 11) is -4.08. The van der Waals surface area contributed by atoms with Crippen molar-refractivity contribution in [3.05, 3.63) is 77.3 Å². The number of para-hydroxylation sites is 2. The van der Waals surface area contributed by atoms with Crippen LogP contribution in [0.5, 0.6) is 23.0 Å². The highest BCUT2D eigenvalue weighted by atomic mass is 35.5. The molecule has 9 nitrogen and oxygen atoms in total. The van der Waals surface area contributed by atoms with Crippen molar-refractivity contribution in [2.75, 3.05) is 6.61 Å². The largest absolute Gasteiger partial charge is 0.485 e. The summed E-state index contributed by atoms with van der Waals surface area (Å²) >= 11 is 6.31. The molecule has 1 aliphatic carbocycles. The van der Waals surface area contributed by atoms with Gasteiger partial charge in [0, 0.05) is 17.9 Å². The Labute approximate surface area is 212 Å². The first kappa shape index (κ1) is 24.4. The molecular weight excluding hydrogens is 510 g/mol. The molecule has 4 atom stereocenters. The summed E-state index contributed by atoms with van der Waals surface area (Å²) in [6.45, 7) is -0.543. The van der Waals surface area contributed by atoms with E-state index in [1.165, 1.54) is 18.2 Å². The summed E-state index contributed by atoms with van der Waals surface area (Å²) in [5.74, 6) is -0.161. The topological polar surface area (TPSA) is 131 Å². The Kier molecular flexibility index (Phi) is 6.52. The van der Waals surface area contributed by atoms with Gasteiger partial charge in [-0.1, -0.05) is 41.9 Å². The third kappa shape index (κ3) is 4.72. The second-order valence-corrected chi connectivity index (χ2v) is 10.6. The summed E-state index contributed by atoms with van der Waals surface area (Å²) in [5.41, 5.74) is 0.636. The van der Waals surface area contributed by atoms with Crippen molar-refractivity contribution in [3.8, 4) is 23.0 Å². The van der Waals surface area contributed by atoms with Crippen LogP contribution in [-0.4, -0.2) is 49.5 Å². The van der Waals surface area contributed by atoms with Crippen LogP contribution in [0, 0.1) is 0 Å². The van der Waals surface area contributed by atoms with Gasteiger partial charge in [0.05, 0.1) is 22.1 Å². The molecule has 11 heteroatoms. The van der Waals surface area contributed by atoms with E-state index in [0.29, 0.717) is 22.8 Å². The van der Waals surface area contributed by atoms with Crippen LogP contribution in [0.1, 0.15) is 17.9 Å². The van der Waals surface area contributed by atoms with Crippen LogP contribution in [0.2, 0.25) is 5.02 Å². The van der Waals surface area contributed by atoms with E-state index in [1.54, 1.807) is 42.5 Å². The molecule has 1 saturated carbocycles. The number of aliphatic hydroxyl groups excluding tert-OH is 1. The molecule has 1 heterocycles. The zero-order valence-electron chi connectivity index (χ0n) is 18.7. The maximum absolute atomic E-state index is 13.2. The molecule has 3 aromatic rings. The Balaban J connectivity index is 1.37. The van der Waals surface area contributed by atoms with E-state index < -0.39 is 46.8 Å². The van der Waals surface area contributed by atoms with E-state index in [0.717, 1.165) is 0 Å². The number of halogens is 1. The second kappa shape index (κ2) is 9.62. The number of ether oxygens (including phenoxy) is 3. The predicted octanol–water partition coefficient (Wildman–Crippen LogP) is 3.55. The molecule has 0 amide bonds. The monoisotopic (exact) mass is 531 g/mol. The van der Waals surface area contributed by atoms with Crippen LogP contribution in [-0.2, 0) is 14.8 Å². The molecule has 0 bridgehead atoms. The number of nitrogens with one attached hydrogen (secondary N) is 1. The summed E-state index contributed by atoms with van der Waals surface area (Å²) < 4.78 is 46.1. The maximum Gasteiger partial charge on any atom is 0.341 e. The van der Waals surface area contributed by atoms with Crippen molar-refractivity contribution in [3.63, 3.8) is 0 Å². The molecular formula is C25H22ClNO8S. The minimum absolute atomic E-state index is 0.0822. The van der Waals surface area contributed by atoms with Gasteiger partial charge in [-0.05, 0) is 36.4 Å². The quantitative estimate of drug-likeness (QED) is 0.402. The lowest BCUT2D eigenvalue weighted by Gasteiger charge is -2.22. The molecule has 2 aliphatic rings. The van der Waals surface area contributed by atoms with Crippen molar-refractivity contribution in [1.29, 1.82) is 0 Å². The van der Waals surface area contributed by atoms with E-state index in [-0.39, 0.29) is 22.1 Å². The predicted molar refractivity (Wildman–Crippen MR) is 129 cm³/mol. The first-order valence-electron chi connectivity index (χ1n) is 11.1. The number of benzene rings is 3. The van der Waals surface area contributed by atoms with Crippen LogP contribution >= 0.6 is 11.6 Å². The van der Waals surface area contributed by atoms with Gasteiger partial charge in [0.15, 0.2) is 18.1 Å². The molecule has 3 N–H and O–H groups in total. The lowest BCUT2D eigenvalue weighted by molar-refractivity contribution is -0.139. The average Bonchev–Trinajstić information content (AvgIpc) is 3.35. The summed E-state index contributed by atoms with van der Waals surface area (Å²) in [6.07, 6.45) is -1.31. The Morgan fingerprint density at radius 2 is 1.86 bits per heavy atom. The summed E-state index contributed by atoms with van der Waals surface area (Å²) in [6, 6.07) is 17.2. The molecule has 1 aliphatic heterocycles. The van der Waals surface area contributed by atoms with Gasteiger partial charge in [-0.2, -0.15) is 0 Å². The van der Waals surface area contributed by atoms with Crippen LogP contribution in [0.25, 0.3) is 0 Å². The third-order valence-electron chi connectivity index (χ3n) is 6.14. The first-order chi connectivity index (χ1) is 17.2. The zero-order chi connectivity index (χ0) is 25.4. The molecule has 1 fully saturated rings. The van der Waals surface area contributed by atoms with E-state index in [2.05, 4.69) is 4.72 Å². The highest BCUT2D eigenvalue weighted by Crippen LogP contribution is 2.51. The number of rotatable bonds is 8. The van der Waals surface area contributed by atoms with Gasteiger partial charge in [0.1, 0.15) is 17.6 Å². The van der Waals surface area contributed by atoms with Gasteiger partial charge in [0.25, 0.3) is 0 Å². The summed E-state index contributed by atoms with van der Waals surface area (Å²) in [4.78, 5) is 10.8. The molecule has 0 radical (unpaired) electrons. The van der Waals surface area contributed by atoms with Crippen LogP contribution in [0.3, 0.4) is 0 Å². The number of hydrogen-bond donors (Lipinski definition) is 3. The number of fused-ring (bicyclic) bond motifs is 3. The standard InChI is InChI=1S/C25H22ClNO8S/c26-17-11-15(9-10-19(17)34-14-5-2-1-3-6-14)36(31,32)27-24-18(28)12-21-23(24)16-7-4-8-20(25(16)35-21)33-13-22(29)30/h1-11,18,21,23-24,27-28H,12-13H2,(H,29,30). The highest BCUT2D eigenvalue weighted by Gasteiger charge is 2.51. The average molecular weight is 532 g/mol. The van der Waals surface area contributed by atoms with Gasteiger partial charge in [-0.3, -0.25) is 0 Å². The number of sulfonamides is 1. The molecule has 0 saturated heterocycles. The fourth-order valence-corrected chi connectivity index (χ4v) is 6.19. The number of carbonyl (C=O) groups is 1. The van der Waals surface area contributed by atoms with Crippen molar-refractivity contribution in [2.45, 2.75) is 35.5 Å². The number of aliphatic carboxylic acids is 1. The lowest BCUT2D eigenvalue weighted by atomic mass is 9.94. The van der Waals surface area contributed by atoms with Gasteiger partial charge in [-0.15, -0.1) is 0 Å². The minimum Gasteiger partial charge on any atom is -0.485 e. The fourth-order valence-electron chi connectivity index (χ4n) is 4.59. The van der Waals surface area contributed by atoms with Crippen molar-refractivity contribution >= 4 is 27.6 Å². The zero-order valence-corrected chi connectivity index (χ0v) is 20.3. The molecule has 0 spiro atoms. The minimum atomic E-state index is -4.08. The molecule has 3 aromatic carbocycles. The molecule has 0 aromatic heterocycles.